The fraction of sp³-hybridized carbons (Fsp3) is 0.571. The largest absolute Gasteiger partial charge is 0.378 e. The number of ether oxygens (including phenoxy) is 1. The van der Waals surface area contributed by atoms with E-state index in [2.05, 4.69) is 15.2 Å². The minimum absolute atomic E-state index is 0.0154. The van der Waals surface area contributed by atoms with Gasteiger partial charge >= 0.3 is 0 Å². The summed E-state index contributed by atoms with van der Waals surface area (Å²) >= 11 is 5.78. The zero-order valence-electron chi connectivity index (χ0n) is 11.8. The van der Waals surface area contributed by atoms with E-state index in [0.717, 1.165) is 12.1 Å². The van der Waals surface area contributed by atoms with Crippen LogP contribution in [0.2, 0.25) is 5.15 Å². The summed E-state index contributed by atoms with van der Waals surface area (Å²) in [7, 11) is 0. The van der Waals surface area contributed by atoms with Gasteiger partial charge in [0, 0.05) is 25.3 Å². The van der Waals surface area contributed by atoms with E-state index in [9.17, 15) is 4.79 Å². The fourth-order valence-corrected chi connectivity index (χ4v) is 2.30. The Kier molecular flexibility index (Phi) is 5.34. The zero-order chi connectivity index (χ0) is 14.5. The number of aromatic nitrogens is 1. The first-order valence-corrected chi connectivity index (χ1v) is 7.16. The lowest BCUT2D eigenvalue weighted by molar-refractivity contribution is -0.133. The van der Waals surface area contributed by atoms with E-state index in [1.165, 1.54) is 0 Å². The molecule has 1 atom stereocenters. The number of hydrogen-bond acceptors (Lipinski definition) is 4. The Bertz CT molecular complexity index is 450. The Labute approximate surface area is 124 Å². The number of nitrogens with zero attached hydrogens (tertiary/aromatic N) is 2. The first kappa shape index (κ1) is 15.2. The van der Waals surface area contributed by atoms with Gasteiger partial charge < -0.3 is 10.1 Å². The number of carbonyl (C=O) groups is 1. The maximum absolute atomic E-state index is 12.2. The molecule has 0 aliphatic carbocycles. The summed E-state index contributed by atoms with van der Waals surface area (Å²) in [6, 6.07) is 3.58. The van der Waals surface area contributed by atoms with Crippen molar-refractivity contribution in [2.75, 3.05) is 19.8 Å². The molecule has 2 heterocycles. The molecule has 1 aliphatic heterocycles. The minimum Gasteiger partial charge on any atom is -0.378 e. The molecule has 1 saturated heterocycles. The third kappa shape index (κ3) is 4.16. The predicted molar refractivity (Wildman–Crippen MR) is 77.5 cm³/mol. The second kappa shape index (κ2) is 7.02. The van der Waals surface area contributed by atoms with Crippen LogP contribution in [0.15, 0.2) is 18.3 Å². The van der Waals surface area contributed by atoms with E-state index in [1.54, 1.807) is 12.3 Å². The maximum atomic E-state index is 12.2. The van der Waals surface area contributed by atoms with Crippen molar-refractivity contribution in [1.82, 2.24) is 15.2 Å². The lowest BCUT2D eigenvalue weighted by atomic mass is 10.1. The fourth-order valence-electron chi connectivity index (χ4n) is 2.18. The summed E-state index contributed by atoms with van der Waals surface area (Å²) in [6.45, 7) is 6.39. The first-order chi connectivity index (χ1) is 9.56. The highest BCUT2D eigenvalue weighted by atomic mass is 35.5. The van der Waals surface area contributed by atoms with Gasteiger partial charge in [0.15, 0.2) is 0 Å². The molecular weight excluding hydrogens is 278 g/mol. The smallest absolute Gasteiger partial charge is 0.239 e. The Morgan fingerprint density at radius 2 is 2.40 bits per heavy atom. The monoisotopic (exact) mass is 297 g/mol. The number of hydrogen-bond donors (Lipinski definition) is 1. The van der Waals surface area contributed by atoms with Crippen molar-refractivity contribution >= 4 is 17.5 Å². The molecule has 1 aromatic heterocycles. The normalized spacial score (nSPS) is 20.1. The van der Waals surface area contributed by atoms with E-state index < -0.39 is 0 Å². The van der Waals surface area contributed by atoms with Crippen LogP contribution in [0.3, 0.4) is 0 Å². The molecule has 5 nitrogen and oxygen atoms in total. The van der Waals surface area contributed by atoms with Gasteiger partial charge in [-0.05, 0) is 25.5 Å². The average molecular weight is 298 g/mol. The Morgan fingerprint density at radius 1 is 1.60 bits per heavy atom. The van der Waals surface area contributed by atoms with E-state index in [0.29, 0.717) is 24.9 Å². The van der Waals surface area contributed by atoms with Crippen LogP contribution in [0.4, 0.5) is 0 Å². The summed E-state index contributed by atoms with van der Waals surface area (Å²) in [4.78, 5) is 18.4. The van der Waals surface area contributed by atoms with E-state index in [1.807, 2.05) is 19.9 Å². The highest BCUT2D eigenvalue weighted by molar-refractivity contribution is 6.29. The van der Waals surface area contributed by atoms with Crippen LogP contribution in [-0.2, 0) is 16.1 Å². The molecule has 2 rings (SSSR count). The third-order valence-corrected chi connectivity index (χ3v) is 3.37. The van der Waals surface area contributed by atoms with Crippen LogP contribution >= 0.6 is 11.6 Å². The van der Waals surface area contributed by atoms with Gasteiger partial charge in [0.25, 0.3) is 0 Å². The minimum atomic E-state index is -0.248. The molecule has 1 fully saturated rings. The van der Waals surface area contributed by atoms with Gasteiger partial charge in [0.1, 0.15) is 11.2 Å². The molecule has 0 bridgehead atoms. The first-order valence-electron chi connectivity index (χ1n) is 6.79. The molecule has 20 heavy (non-hydrogen) atoms. The van der Waals surface area contributed by atoms with Crippen molar-refractivity contribution in [2.45, 2.75) is 32.5 Å². The number of rotatable bonds is 4. The molecule has 1 aromatic rings. The lowest BCUT2D eigenvalue weighted by Gasteiger charge is -2.34. The predicted octanol–water partition coefficient (Wildman–Crippen LogP) is 1.46. The van der Waals surface area contributed by atoms with Gasteiger partial charge in [-0.25, -0.2) is 4.98 Å². The topological polar surface area (TPSA) is 54.5 Å². The quantitative estimate of drug-likeness (QED) is 0.855. The van der Waals surface area contributed by atoms with Crippen molar-refractivity contribution in [1.29, 1.82) is 0 Å². The summed E-state index contributed by atoms with van der Waals surface area (Å²) in [5.41, 5.74) is 1.04. The van der Waals surface area contributed by atoms with Crippen molar-refractivity contribution in [3.8, 4) is 0 Å². The maximum Gasteiger partial charge on any atom is 0.239 e. The van der Waals surface area contributed by atoms with Gasteiger partial charge in [-0.3, -0.25) is 9.69 Å². The van der Waals surface area contributed by atoms with Crippen molar-refractivity contribution < 1.29 is 9.53 Å². The third-order valence-electron chi connectivity index (χ3n) is 3.15. The van der Waals surface area contributed by atoms with Crippen LogP contribution in [0.5, 0.6) is 0 Å². The van der Waals surface area contributed by atoms with Crippen LogP contribution in [-0.4, -0.2) is 47.6 Å². The molecule has 1 unspecified atom stereocenters. The van der Waals surface area contributed by atoms with Gasteiger partial charge in [0.05, 0.1) is 13.2 Å². The lowest BCUT2D eigenvalue weighted by Crippen LogP contribution is -2.54. The standard InChI is InChI=1S/C14H20ClN3O2/c1-10(2)17-14(19)12-9-20-6-5-18(12)8-11-3-4-13(15)16-7-11/h3-4,7,10,12H,5-6,8-9H2,1-2H3,(H,17,19). The van der Waals surface area contributed by atoms with E-state index in [4.69, 9.17) is 16.3 Å². The molecule has 0 radical (unpaired) electrons. The molecule has 0 spiro atoms. The van der Waals surface area contributed by atoms with Crippen LogP contribution in [0.25, 0.3) is 0 Å². The van der Waals surface area contributed by atoms with Crippen LogP contribution in [0.1, 0.15) is 19.4 Å². The van der Waals surface area contributed by atoms with E-state index >= 15 is 0 Å². The van der Waals surface area contributed by atoms with Crippen molar-refractivity contribution in [2.24, 2.45) is 0 Å². The number of amides is 1. The molecular formula is C14H20ClN3O2. The molecule has 0 aromatic carbocycles. The Balaban J connectivity index is 2.03. The summed E-state index contributed by atoms with van der Waals surface area (Å²) in [5.74, 6) is 0.0154. The highest BCUT2D eigenvalue weighted by Crippen LogP contribution is 2.13. The van der Waals surface area contributed by atoms with Crippen LogP contribution in [0, 0.1) is 0 Å². The van der Waals surface area contributed by atoms with Crippen LogP contribution < -0.4 is 5.32 Å². The Morgan fingerprint density at radius 3 is 3.05 bits per heavy atom. The number of carbonyl (C=O) groups excluding carboxylic acids is 1. The second-order valence-electron chi connectivity index (χ2n) is 5.21. The average Bonchev–Trinajstić information content (AvgIpc) is 2.41. The Hall–Kier alpha value is -1.17. The van der Waals surface area contributed by atoms with Gasteiger partial charge in [-0.15, -0.1) is 0 Å². The SMILES string of the molecule is CC(C)NC(=O)C1COCCN1Cc1ccc(Cl)nc1. The molecule has 6 heteroatoms. The summed E-state index contributed by atoms with van der Waals surface area (Å²) in [5, 5.41) is 3.42. The number of halogens is 1. The number of nitrogens with one attached hydrogen (secondary N) is 1. The van der Waals surface area contributed by atoms with Crippen molar-refractivity contribution in [3.63, 3.8) is 0 Å². The van der Waals surface area contributed by atoms with Crippen molar-refractivity contribution in [3.05, 3.63) is 29.0 Å². The van der Waals surface area contributed by atoms with Gasteiger partial charge in [0.2, 0.25) is 5.91 Å². The molecule has 1 N–H and O–H groups in total. The van der Waals surface area contributed by atoms with Gasteiger partial charge in [-0.2, -0.15) is 0 Å². The van der Waals surface area contributed by atoms with Gasteiger partial charge in [-0.1, -0.05) is 17.7 Å². The number of pyridine rings is 1. The summed E-state index contributed by atoms with van der Waals surface area (Å²) in [6.07, 6.45) is 1.75. The molecule has 1 amide bonds. The molecule has 0 saturated carbocycles. The number of morpholine rings is 1. The molecule has 1 aliphatic rings. The zero-order valence-corrected chi connectivity index (χ0v) is 12.6. The summed E-state index contributed by atoms with van der Waals surface area (Å²) < 4.78 is 5.43. The molecule has 110 valence electrons. The van der Waals surface area contributed by atoms with E-state index in [-0.39, 0.29) is 18.0 Å². The highest BCUT2D eigenvalue weighted by Gasteiger charge is 2.29. The second-order valence-corrected chi connectivity index (χ2v) is 5.60.